The molecule has 2 rings (SSSR count). The molecule has 0 aromatic heterocycles. The van der Waals surface area contributed by atoms with Crippen LogP contribution in [-0.4, -0.2) is 10.2 Å². The molecule has 0 aliphatic heterocycles. The molecular formula is C17H22O2. The number of benzene rings is 2. The van der Waals surface area contributed by atoms with Crippen LogP contribution in [0.1, 0.15) is 36.1 Å². The molecule has 0 bridgehead atoms. The van der Waals surface area contributed by atoms with Crippen molar-refractivity contribution in [2.45, 2.75) is 34.1 Å². The minimum atomic E-state index is 0.313. The molecular weight excluding hydrogens is 236 g/mol. The molecule has 2 nitrogen and oxygen atoms in total. The highest BCUT2D eigenvalue weighted by Gasteiger charge is 2.08. The van der Waals surface area contributed by atoms with E-state index in [0.29, 0.717) is 17.9 Å². The third-order valence-electron chi connectivity index (χ3n) is 3.02. The van der Waals surface area contributed by atoms with Gasteiger partial charge in [0.25, 0.3) is 0 Å². The molecule has 0 saturated heterocycles. The number of hydrogen-bond donors (Lipinski definition) is 2. The summed E-state index contributed by atoms with van der Waals surface area (Å²) in [5.41, 5.74) is 3.39. The fraction of sp³-hybridized carbons (Fsp3) is 0.294. The van der Waals surface area contributed by atoms with E-state index in [9.17, 15) is 10.2 Å². The first-order valence-corrected chi connectivity index (χ1v) is 6.64. The number of phenolic OH excluding ortho intramolecular Hbond substituents is 2. The van der Waals surface area contributed by atoms with Gasteiger partial charge in [-0.05, 0) is 36.1 Å². The maximum absolute atomic E-state index is 9.94. The van der Waals surface area contributed by atoms with Gasteiger partial charge in [-0.2, -0.15) is 0 Å². The lowest BCUT2D eigenvalue weighted by Crippen LogP contribution is -1.92. The predicted octanol–water partition coefficient (Wildman–Crippen LogP) is 4.33. The van der Waals surface area contributed by atoms with E-state index in [0.717, 1.165) is 22.3 Å². The maximum Gasteiger partial charge on any atom is 0.122 e. The molecule has 0 aliphatic rings. The van der Waals surface area contributed by atoms with Crippen LogP contribution in [0.25, 0.3) is 0 Å². The third-order valence-corrected chi connectivity index (χ3v) is 3.02. The van der Waals surface area contributed by atoms with Crippen LogP contribution in [0.3, 0.4) is 0 Å². The van der Waals surface area contributed by atoms with E-state index in [1.54, 1.807) is 0 Å². The number of hydrogen-bond acceptors (Lipinski definition) is 2. The summed E-state index contributed by atoms with van der Waals surface area (Å²) in [6.45, 7) is 7.74. The summed E-state index contributed by atoms with van der Waals surface area (Å²) in [6.07, 6.45) is 0.543. The quantitative estimate of drug-likeness (QED) is 0.841. The lowest BCUT2D eigenvalue weighted by Gasteiger charge is -2.09. The van der Waals surface area contributed by atoms with Crippen LogP contribution in [0.5, 0.6) is 11.5 Å². The van der Waals surface area contributed by atoms with Gasteiger partial charge in [-0.25, -0.2) is 0 Å². The van der Waals surface area contributed by atoms with Crippen LogP contribution in [0.15, 0.2) is 36.4 Å². The Bertz CT molecular complexity index is 495. The summed E-state index contributed by atoms with van der Waals surface area (Å²) < 4.78 is 0. The van der Waals surface area contributed by atoms with Crippen LogP contribution in [0, 0.1) is 13.8 Å². The van der Waals surface area contributed by atoms with E-state index >= 15 is 0 Å². The van der Waals surface area contributed by atoms with Crippen molar-refractivity contribution in [2.24, 2.45) is 0 Å². The van der Waals surface area contributed by atoms with Crippen molar-refractivity contribution >= 4 is 0 Å². The Morgan fingerprint density at radius 3 is 1.47 bits per heavy atom. The van der Waals surface area contributed by atoms with Crippen molar-refractivity contribution in [3.63, 3.8) is 0 Å². The van der Waals surface area contributed by atoms with E-state index in [1.165, 1.54) is 0 Å². The highest BCUT2D eigenvalue weighted by Crippen LogP contribution is 2.28. The fourth-order valence-corrected chi connectivity index (χ4v) is 1.93. The Balaban J connectivity index is 0.000000861. The molecule has 19 heavy (non-hydrogen) atoms. The fourth-order valence-electron chi connectivity index (χ4n) is 1.93. The van der Waals surface area contributed by atoms with Gasteiger partial charge in [0, 0.05) is 6.42 Å². The Hall–Kier alpha value is -1.96. The summed E-state index contributed by atoms with van der Waals surface area (Å²) >= 11 is 0. The molecule has 102 valence electrons. The van der Waals surface area contributed by atoms with Gasteiger partial charge >= 0.3 is 0 Å². The van der Waals surface area contributed by atoms with E-state index < -0.39 is 0 Å². The van der Waals surface area contributed by atoms with E-state index in [1.807, 2.05) is 64.1 Å². The van der Waals surface area contributed by atoms with E-state index in [-0.39, 0.29) is 0 Å². The maximum atomic E-state index is 9.94. The number of phenols is 2. The zero-order chi connectivity index (χ0) is 14.4. The van der Waals surface area contributed by atoms with E-state index in [2.05, 4.69) is 0 Å². The highest BCUT2D eigenvalue weighted by atomic mass is 16.3. The number of para-hydroxylation sites is 2. The predicted molar refractivity (Wildman–Crippen MR) is 79.8 cm³/mol. The SMILES string of the molecule is CC.Cc1cccc(Cc2cccc(C)c2O)c1O. The molecule has 2 aromatic carbocycles. The zero-order valence-electron chi connectivity index (χ0n) is 12.1. The Morgan fingerprint density at radius 2 is 1.11 bits per heavy atom. The molecule has 0 radical (unpaired) electrons. The molecule has 0 saturated carbocycles. The molecule has 0 amide bonds. The monoisotopic (exact) mass is 258 g/mol. The molecule has 0 heterocycles. The van der Waals surface area contributed by atoms with Gasteiger partial charge in [-0.15, -0.1) is 0 Å². The van der Waals surface area contributed by atoms with Gasteiger partial charge in [0.05, 0.1) is 0 Å². The Morgan fingerprint density at radius 1 is 0.737 bits per heavy atom. The van der Waals surface area contributed by atoms with Crippen LogP contribution in [0.4, 0.5) is 0 Å². The van der Waals surface area contributed by atoms with E-state index in [4.69, 9.17) is 0 Å². The molecule has 0 unspecified atom stereocenters. The largest absolute Gasteiger partial charge is 0.507 e. The highest BCUT2D eigenvalue weighted by molar-refractivity contribution is 5.46. The normalized spacial score (nSPS) is 9.68. The summed E-state index contributed by atoms with van der Waals surface area (Å²) in [4.78, 5) is 0. The molecule has 2 N–H and O–H groups in total. The van der Waals surface area contributed by atoms with Gasteiger partial charge in [-0.3, -0.25) is 0 Å². The second-order valence-corrected chi connectivity index (χ2v) is 4.34. The van der Waals surface area contributed by atoms with Crippen LogP contribution in [-0.2, 0) is 6.42 Å². The Kier molecular flexibility index (Phi) is 5.43. The van der Waals surface area contributed by atoms with Gasteiger partial charge in [0.15, 0.2) is 0 Å². The molecule has 0 fully saturated rings. The van der Waals surface area contributed by atoms with Crippen molar-refractivity contribution in [3.8, 4) is 11.5 Å². The van der Waals surface area contributed by atoms with Crippen molar-refractivity contribution in [2.75, 3.05) is 0 Å². The molecule has 2 aromatic rings. The van der Waals surface area contributed by atoms with Crippen LogP contribution < -0.4 is 0 Å². The van der Waals surface area contributed by atoms with Crippen LogP contribution in [0.2, 0.25) is 0 Å². The summed E-state index contributed by atoms with van der Waals surface area (Å²) in [6, 6.07) is 11.3. The van der Waals surface area contributed by atoms with Crippen molar-refractivity contribution in [1.29, 1.82) is 0 Å². The number of aryl methyl sites for hydroxylation is 2. The second kappa shape index (κ2) is 6.83. The molecule has 0 aliphatic carbocycles. The molecule has 0 spiro atoms. The average molecular weight is 258 g/mol. The number of aromatic hydroxyl groups is 2. The lowest BCUT2D eigenvalue weighted by atomic mass is 9.99. The summed E-state index contributed by atoms with van der Waals surface area (Å²) in [5, 5.41) is 19.9. The number of rotatable bonds is 2. The minimum Gasteiger partial charge on any atom is -0.507 e. The summed E-state index contributed by atoms with van der Waals surface area (Å²) in [7, 11) is 0. The molecule has 0 atom stereocenters. The van der Waals surface area contributed by atoms with Crippen LogP contribution >= 0.6 is 0 Å². The zero-order valence-corrected chi connectivity index (χ0v) is 12.1. The molecule has 2 heteroatoms. The summed E-state index contributed by atoms with van der Waals surface area (Å²) in [5.74, 6) is 0.627. The first kappa shape index (κ1) is 15.1. The van der Waals surface area contributed by atoms with Gasteiger partial charge in [0.2, 0.25) is 0 Å². The van der Waals surface area contributed by atoms with Crippen molar-refractivity contribution in [1.82, 2.24) is 0 Å². The first-order valence-electron chi connectivity index (χ1n) is 6.64. The smallest absolute Gasteiger partial charge is 0.122 e. The van der Waals surface area contributed by atoms with Gasteiger partial charge in [-0.1, -0.05) is 50.2 Å². The van der Waals surface area contributed by atoms with Gasteiger partial charge < -0.3 is 10.2 Å². The standard InChI is InChI=1S/C15H16O2.C2H6/c1-10-5-3-7-12(14(10)16)9-13-8-4-6-11(2)15(13)17;1-2/h3-8,16-17H,9H2,1-2H3;1-2H3. The van der Waals surface area contributed by atoms with Crippen molar-refractivity contribution in [3.05, 3.63) is 58.7 Å². The Labute approximate surface area is 115 Å². The van der Waals surface area contributed by atoms with Gasteiger partial charge in [0.1, 0.15) is 11.5 Å². The lowest BCUT2D eigenvalue weighted by molar-refractivity contribution is 0.458. The second-order valence-electron chi connectivity index (χ2n) is 4.34. The first-order chi connectivity index (χ1) is 9.09. The third kappa shape index (κ3) is 3.50. The topological polar surface area (TPSA) is 40.5 Å². The van der Waals surface area contributed by atoms with Crippen molar-refractivity contribution < 1.29 is 10.2 Å². The minimum absolute atomic E-state index is 0.313. The average Bonchev–Trinajstić information content (AvgIpc) is 2.42.